The van der Waals surface area contributed by atoms with Crippen LogP contribution in [0.3, 0.4) is 0 Å². The van der Waals surface area contributed by atoms with E-state index >= 15 is 0 Å². The monoisotopic (exact) mass is 445 g/mol. The van der Waals surface area contributed by atoms with Gasteiger partial charge in [0.2, 0.25) is 12.7 Å². The van der Waals surface area contributed by atoms with Gasteiger partial charge in [-0.3, -0.25) is 14.5 Å². The number of hydrogen-bond donors (Lipinski definition) is 2. The van der Waals surface area contributed by atoms with Crippen molar-refractivity contribution in [2.75, 3.05) is 11.7 Å². The van der Waals surface area contributed by atoms with Crippen LogP contribution in [-0.4, -0.2) is 33.6 Å². The van der Waals surface area contributed by atoms with Crippen molar-refractivity contribution in [2.24, 2.45) is 0 Å². The van der Waals surface area contributed by atoms with E-state index in [1.807, 2.05) is 41.8 Å². The SMILES string of the molecule is O=C1C(=O)N(c2nc3ccccc3[nH]2)C(c2cccs2)/C1=C(\O)c1ccc2c(c1)OCO2. The van der Waals surface area contributed by atoms with E-state index in [1.54, 1.807) is 18.2 Å². The standard InChI is InChI=1S/C23H15N3O5S/c27-20(12-7-8-15-16(10-12)31-11-30-15)18-19(17-6-3-9-32-17)26(22(29)21(18)28)23-24-13-4-1-2-5-14(13)25-23/h1-10,19,27H,11H2,(H,24,25)/b20-18+. The first-order valence-corrected chi connectivity index (χ1v) is 10.7. The number of benzene rings is 2. The first-order chi connectivity index (χ1) is 15.6. The molecule has 0 spiro atoms. The van der Waals surface area contributed by atoms with Crippen molar-refractivity contribution in [3.8, 4) is 11.5 Å². The molecule has 8 nitrogen and oxygen atoms in total. The second kappa shape index (κ2) is 6.96. The maximum atomic E-state index is 13.2. The summed E-state index contributed by atoms with van der Waals surface area (Å²) < 4.78 is 10.7. The van der Waals surface area contributed by atoms with Gasteiger partial charge in [0.05, 0.1) is 16.6 Å². The average molecular weight is 445 g/mol. The number of carbonyl (C=O) groups excluding carboxylic acids is 2. The highest BCUT2D eigenvalue weighted by atomic mass is 32.1. The Morgan fingerprint density at radius 3 is 2.75 bits per heavy atom. The summed E-state index contributed by atoms with van der Waals surface area (Å²) >= 11 is 1.39. The number of aliphatic hydroxyl groups excluding tert-OH is 1. The van der Waals surface area contributed by atoms with E-state index in [2.05, 4.69) is 9.97 Å². The summed E-state index contributed by atoms with van der Waals surface area (Å²) in [7, 11) is 0. The number of hydrogen-bond acceptors (Lipinski definition) is 7. The maximum Gasteiger partial charge on any atom is 0.302 e. The van der Waals surface area contributed by atoms with Crippen LogP contribution < -0.4 is 14.4 Å². The molecule has 2 aliphatic rings. The molecule has 1 fully saturated rings. The van der Waals surface area contributed by atoms with E-state index in [0.29, 0.717) is 22.6 Å². The zero-order valence-electron chi connectivity index (χ0n) is 16.4. The van der Waals surface area contributed by atoms with E-state index in [4.69, 9.17) is 9.47 Å². The van der Waals surface area contributed by atoms with Crippen molar-refractivity contribution in [1.29, 1.82) is 0 Å². The quantitative estimate of drug-likeness (QED) is 0.281. The molecule has 1 atom stereocenters. The Hall–Kier alpha value is -4.11. The van der Waals surface area contributed by atoms with Crippen LogP contribution in [0.5, 0.6) is 11.5 Å². The van der Waals surface area contributed by atoms with E-state index in [0.717, 1.165) is 10.4 Å². The number of fused-ring (bicyclic) bond motifs is 2. The number of aromatic nitrogens is 2. The number of anilines is 1. The van der Waals surface area contributed by atoms with Crippen molar-refractivity contribution in [1.82, 2.24) is 9.97 Å². The van der Waals surface area contributed by atoms with E-state index < -0.39 is 17.7 Å². The van der Waals surface area contributed by atoms with Gasteiger partial charge < -0.3 is 19.6 Å². The van der Waals surface area contributed by atoms with Crippen LogP contribution in [0.2, 0.25) is 0 Å². The Morgan fingerprint density at radius 2 is 1.94 bits per heavy atom. The molecule has 9 heteroatoms. The first-order valence-electron chi connectivity index (χ1n) is 9.81. The number of carbonyl (C=O) groups is 2. The summed E-state index contributed by atoms with van der Waals surface area (Å²) in [6, 6.07) is 15.1. The molecule has 32 heavy (non-hydrogen) atoms. The number of nitrogens with one attached hydrogen (secondary N) is 1. The van der Waals surface area contributed by atoms with Crippen molar-refractivity contribution in [3.05, 3.63) is 76.0 Å². The van der Waals surface area contributed by atoms with Crippen LogP contribution in [0.4, 0.5) is 5.95 Å². The molecule has 0 saturated carbocycles. The summed E-state index contributed by atoms with van der Waals surface area (Å²) in [4.78, 5) is 36.0. The molecule has 2 aromatic carbocycles. The third-order valence-electron chi connectivity index (χ3n) is 5.51. The molecule has 2 aliphatic heterocycles. The number of Topliss-reactive ketones (excluding diaryl/α,β-unsaturated/α-hetero) is 1. The van der Waals surface area contributed by atoms with Crippen LogP contribution in [-0.2, 0) is 9.59 Å². The number of imidazole rings is 1. The topological polar surface area (TPSA) is 105 Å². The van der Waals surface area contributed by atoms with Gasteiger partial charge in [-0.1, -0.05) is 18.2 Å². The molecular formula is C23H15N3O5S. The molecular weight excluding hydrogens is 430 g/mol. The number of aromatic amines is 1. The fourth-order valence-corrected chi connectivity index (χ4v) is 4.84. The normalized spacial score (nSPS) is 19.2. The highest BCUT2D eigenvalue weighted by molar-refractivity contribution is 7.10. The summed E-state index contributed by atoms with van der Waals surface area (Å²) in [6.07, 6.45) is 0. The number of thiophene rings is 1. The van der Waals surface area contributed by atoms with Crippen LogP contribution >= 0.6 is 11.3 Å². The second-order valence-electron chi connectivity index (χ2n) is 7.33. The molecule has 4 aromatic rings. The summed E-state index contributed by atoms with van der Waals surface area (Å²) in [5.41, 5.74) is 1.77. The van der Waals surface area contributed by atoms with Crippen molar-refractivity contribution >= 4 is 45.8 Å². The molecule has 0 bridgehead atoms. The fraction of sp³-hybridized carbons (Fsp3) is 0.0870. The van der Waals surface area contributed by atoms with Gasteiger partial charge in [0.25, 0.3) is 5.78 Å². The van der Waals surface area contributed by atoms with Crippen LogP contribution in [0.25, 0.3) is 16.8 Å². The molecule has 2 N–H and O–H groups in total. The second-order valence-corrected chi connectivity index (χ2v) is 8.31. The number of ketones is 1. The number of rotatable bonds is 3. The Morgan fingerprint density at radius 1 is 1.09 bits per heavy atom. The number of ether oxygens (including phenoxy) is 2. The van der Waals surface area contributed by atoms with Crippen LogP contribution in [0.15, 0.2) is 65.6 Å². The van der Waals surface area contributed by atoms with Gasteiger partial charge in [-0.2, -0.15) is 0 Å². The Balaban J connectivity index is 1.54. The molecule has 1 saturated heterocycles. The molecule has 4 heterocycles. The van der Waals surface area contributed by atoms with Crippen LogP contribution in [0, 0.1) is 0 Å². The molecule has 158 valence electrons. The van der Waals surface area contributed by atoms with E-state index in [1.165, 1.54) is 16.2 Å². The smallest absolute Gasteiger partial charge is 0.302 e. The minimum absolute atomic E-state index is 0.00299. The lowest BCUT2D eigenvalue weighted by atomic mass is 9.99. The lowest BCUT2D eigenvalue weighted by Gasteiger charge is -2.21. The Bertz CT molecular complexity index is 1390. The van der Waals surface area contributed by atoms with Gasteiger partial charge in [0.15, 0.2) is 11.5 Å². The summed E-state index contributed by atoms with van der Waals surface area (Å²) in [5.74, 6) is -0.550. The summed E-state index contributed by atoms with van der Waals surface area (Å²) in [5, 5.41) is 13.0. The maximum absolute atomic E-state index is 13.2. The zero-order chi connectivity index (χ0) is 21.8. The van der Waals surface area contributed by atoms with Crippen LogP contribution in [0.1, 0.15) is 16.5 Å². The molecule has 2 aromatic heterocycles. The largest absolute Gasteiger partial charge is 0.507 e. The van der Waals surface area contributed by atoms with Gasteiger partial charge in [0, 0.05) is 10.4 Å². The van der Waals surface area contributed by atoms with Gasteiger partial charge >= 0.3 is 5.91 Å². The van der Waals surface area contributed by atoms with Crippen molar-refractivity contribution < 1.29 is 24.2 Å². The van der Waals surface area contributed by atoms with E-state index in [9.17, 15) is 14.7 Å². The lowest BCUT2D eigenvalue weighted by molar-refractivity contribution is -0.132. The Labute approximate surface area is 185 Å². The lowest BCUT2D eigenvalue weighted by Crippen LogP contribution is -2.30. The molecule has 1 unspecified atom stereocenters. The van der Waals surface area contributed by atoms with Crippen molar-refractivity contribution in [3.63, 3.8) is 0 Å². The molecule has 0 aliphatic carbocycles. The van der Waals surface area contributed by atoms with Crippen molar-refractivity contribution in [2.45, 2.75) is 6.04 Å². The molecule has 1 amide bonds. The summed E-state index contributed by atoms with van der Waals surface area (Å²) in [6.45, 7) is 0.0885. The first kappa shape index (κ1) is 18.6. The third kappa shape index (κ3) is 2.71. The predicted octanol–water partition coefficient (Wildman–Crippen LogP) is 3.98. The van der Waals surface area contributed by atoms with E-state index in [-0.39, 0.29) is 24.1 Å². The van der Waals surface area contributed by atoms with Gasteiger partial charge in [-0.15, -0.1) is 11.3 Å². The highest BCUT2D eigenvalue weighted by Crippen LogP contribution is 2.44. The van der Waals surface area contributed by atoms with Gasteiger partial charge in [-0.25, -0.2) is 4.98 Å². The fourth-order valence-electron chi connectivity index (χ4n) is 4.02. The number of para-hydroxylation sites is 2. The zero-order valence-corrected chi connectivity index (χ0v) is 17.3. The number of amides is 1. The third-order valence-corrected chi connectivity index (χ3v) is 6.43. The minimum Gasteiger partial charge on any atom is -0.507 e. The Kier molecular flexibility index (Phi) is 4.05. The average Bonchev–Trinajstić information content (AvgIpc) is 3.59. The minimum atomic E-state index is -0.819. The van der Waals surface area contributed by atoms with Gasteiger partial charge in [0.1, 0.15) is 11.8 Å². The number of nitrogens with zero attached hydrogens (tertiary/aromatic N) is 2. The number of H-pyrrole nitrogens is 1. The number of aliphatic hydroxyl groups is 1. The van der Waals surface area contributed by atoms with Gasteiger partial charge in [-0.05, 0) is 41.8 Å². The molecule has 6 rings (SSSR count). The molecule has 0 radical (unpaired) electrons. The highest BCUT2D eigenvalue weighted by Gasteiger charge is 2.48. The predicted molar refractivity (Wildman–Crippen MR) is 118 cm³/mol.